The summed E-state index contributed by atoms with van der Waals surface area (Å²) in [5.74, 6) is 0.118. The van der Waals surface area contributed by atoms with Crippen LogP contribution in [-0.4, -0.2) is 32.6 Å². The predicted octanol–water partition coefficient (Wildman–Crippen LogP) is 4.14. The van der Waals surface area contributed by atoms with Crippen LogP contribution in [0.25, 0.3) is 21.8 Å². The lowest BCUT2D eigenvalue weighted by Gasteiger charge is -2.10. The van der Waals surface area contributed by atoms with E-state index in [2.05, 4.69) is 0 Å². The Morgan fingerprint density at radius 3 is 2.24 bits per heavy atom. The quantitative estimate of drug-likeness (QED) is 0.474. The number of methoxy groups -OCH3 is 2. The molecule has 0 unspecified atom stereocenters. The number of aromatic nitrogens is 1. The molecule has 0 fully saturated rings. The highest BCUT2D eigenvalue weighted by Gasteiger charge is 2.25. The number of fused-ring (bicyclic) bond motifs is 3. The van der Waals surface area contributed by atoms with E-state index in [0.717, 1.165) is 0 Å². The Bertz CT molecular complexity index is 1350. The van der Waals surface area contributed by atoms with E-state index in [1.807, 2.05) is 0 Å². The molecular weight excluding hydrogens is 390 g/mol. The molecule has 0 N–H and O–H groups in total. The van der Waals surface area contributed by atoms with E-state index in [1.165, 1.54) is 11.1 Å². The van der Waals surface area contributed by atoms with Crippen molar-refractivity contribution in [3.63, 3.8) is 0 Å². The van der Waals surface area contributed by atoms with Crippen LogP contribution < -0.4 is 4.74 Å². The average Bonchev–Trinajstić information content (AvgIpc) is 3.06. The lowest BCUT2D eigenvalue weighted by molar-refractivity contribution is 0.0600. The molecule has 4 rings (SSSR count). The summed E-state index contributed by atoms with van der Waals surface area (Å²) in [6.45, 7) is 1.75. The van der Waals surface area contributed by atoms with Crippen molar-refractivity contribution in [3.8, 4) is 5.75 Å². The highest BCUT2D eigenvalue weighted by atomic mass is 32.2. The highest BCUT2D eigenvalue weighted by Crippen LogP contribution is 2.36. The molecule has 0 saturated carbocycles. The van der Waals surface area contributed by atoms with Crippen molar-refractivity contribution in [1.82, 2.24) is 3.97 Å². The van der Waals surface area contributed by atoms with Crippen molar-refractivity contribution in [3.05, 3.63) is 71.8 Å². The maximum atomic E-state index is 13.5. The summed E-state index contributed by atoms with van der Waals surface area (Å²) in [6.07, 6.45) is 0. The molecule has 0 amide bonds. The van der Waals surface area contributed by atoms with E-state index in [-0.39, 0.29) is 4.90 Å². The number of benzene rings is 3. The first-order valence-electron chi connectivity index (χ1n) is 8.90. The molecule has 4 aromatic rings. The van der Waals surface area contributed by atoms with E-state index in [4.69, 9.17) is 9.47 Å². The van der Waals surface area contributed by atoms with Crippen molar-refractivity contribution < 1.29 is 22.7 Å². The molecule has 6 nitrogen and oxygen atoms in total. The second-order valence-corrected chi connectivity index (χ2v) is 8.43. The van der Waals surface area contributed by atoms with E-state index in [9.17, 15) is 13.2 Å². The van der Waals surface area contributed by atoms with Crippen LogP contribution in [0.15, 0.2) is 65.6 Å². The molecule has 3 aromatic carbocycles. The van der Waals surface area contributed by atoms with E-state index < -0.39 is 16.0 Å². The summed E-state index contributed by atoms with van der Waals surface area (Å²) >= 11 is 0. The van der Waals surface area contributed by atoms with Gasteiger partial charge >= 0.3 is 5.97 Å². The van der Waals surface area contributed by atoms with Gasteiger partial charge in [0.2, 0.25) is 0 Å². The Kier molecular flexibility index (Phi) is 4.55. The highest BCUT2D eigenvalue weighted by molar-refractivity contribution is 7.90. The fourth-order valence-electron chi connectivity index (χ4n) is 3.53. The van der Waals surface area contributed by atoms with Crippen LogP contribution in [0.2, 0.25) is 0 Å². The normalized spacial score (nSPS) is 11.7. The standard InChI is InChI=1S/C22H19NO5S/c1-14-11-21-19(13-17(14)22(24)28-3)18-12-15(27-2)9-10-20(18)23(21)29(25,26)16-7-5-4-6-8-16/h4-13H,1-3H3. The Hall–Kier alpha value is -3.32. The van der Waals surface area contributed by atoms with Gasteiger partial charge in [-0.05, 0) is 55.0 Å². The van der Waals surface area contributed by atoms with Crippen molar-refractivity contribution in [2.24, 2.45) is 0 Å². The van der Waals surface area contributed by atoms with Gasteiger partial charge in [-0.3, -0.25) is 0 Å². The average molecular weight is 409 g/mol. The summed E-state index contributed by atoms with van der Waals surface area (Å²) in [4.78, 5) is 12.4. The number of ether oxygens (including phenoxy) is 2. The zero-order valence-corrected chi connectivity index (χ0v) is 17.0. The zero-order valence-electron chi connectivity index (χ0n) is 16.2. The summed E-state index contributed by atoms with van der Waals surface area (Å²) in [6, 6.07) is 16.8. The number of esters is 1. The number of nitrogens with zero attached hydrogens (tertiary/aromatic N) is 1. The van der Waals surface area contributed by atoms with Crippen molar-refractivity contribution in [1.29, 1.82) is 0 Å². The largest absolute Gasteiger partial charge is 0.497 e. The van der Waals surface area contributed by atoms with E-state index in [0.29, 0.717) is 38.7 Å². The molecule has 0 atom stereocenters. The minimum absolute atomic E-state index is 0.185. The van der Waals surface area contributed by atoms with Gasteiger partial charge in [0.1, 0.15) is 5.75 Å². The molecule has 0 radical (unpaired) electrons. The molecule has 0 spiro atoms. The predicted molar refractivity (Wildman–Crippen MR) is 111 cm³/mol. The summed E-state index contributed by atoms with van der Waals surface area (Å²) in [5.41, 5.74) is 2.01. The van der Waals surface area contributed by atoms with Crippen molar-refractivity contribution >= 4 is 37.8 Å². The third-order valence-corrected chi connectivity index (χ3v) is 6.70. The monoisotopic (exact) mass is 409 g/mol. The van der Waals surface area contributed by atoms with Crippen molar-refractivity contribution in [2.75, 3.05) is 14.2 Å². The molecule has 0 saturated heterocycles. The second-order valence-electron chi connectivity index (χ2n) is 6.64. The Morgan fingerprint density at radius 1 is 0.897 bits per heavy atom. The lowest BCUT2D eigenvalue weighted by Crippen LogP contribution is -2.13. The smallest absolute Gasteiger partial charge is 0.338 e. The molecule has 0 bridgehead atoms. The van der Waals surface area contributed by atoms with Gasteiger partial charge < -0.3 is 9.47 Å². The Balaban J connectivity index is 2.16. The van der Waals surface area contributed by atoms with E-state index >= 15 is 0 Å². The third-order valence-electron chi connectivity index (χ3n) is 4.96. The van der Waals surface area contributed by atoms with Crippen LogP contribution in [-0.2, 0) is 14.8 Å². The molecule has 1 heterocycles. The van der Waals surface area contributed by atoms with Gasteiger partial charge in [0, 0.05) is 10.8 Å². The number of hydrogen-bond donors (Lipinski definition) is 0. The second kappa shape index (κ2) is 6.93. The van der Waals surface area contributed by atoms with Gasteiger partial charge in [0.15, 0.2) is 0 Å². The summed E-state index contributed by atoms with van der Waals surface area (Å²) in [7, 11) is -1.000. The fourth-order valence-corrected chi connectivity index (χ4v) is 5.07. The number of carbonyl (C=O) groups excluding carboxylic acids is 1. The lowest BCUT2D eigenvalue weighted by atomic mass is 10.0. The van der Waals surface area contributed by atoms with E-state index in [1.54, 1.807) is 74.7 Å². The minimum Gasteiger partial charge on any atom is -0.497 e. The first-order chi connectivity index (χ1) is 13.9. The molecule has 0 aliphatic rings. The van der Waals surface area contributed by atoms with Crippen molar-refractivity contribution in [2.45, 2.75) is 11.8 Å². The van der Waals surface area contributed by atoms with Gasteiger partial charge in [-0.2, -0.15) is 0 Å². The number of hydrogen-bond acceptors (Lipinski definition) is 5. The van der Waals surface area contributed by atoms with Crippen LogP contribution in [0.5, 0.6) is 5.75 Å². The molecule has 148 valence electrons. The minimum atomic E-state index is -3.86. The zero-order chi connectivity index (χ0) is 20.8. The first-order valence-corrected chi connectivity index (χ1v) is 10.3. The Morgan fingerprint density at radius 2 is 1.59 bits per heavy atom. The molecule has 1 aromatic heterocycles. The SMILES string of the molecule is COC(=O)c1cc2c3cc(OC)ccc3n(S(=O)(=O)c3ccccc3)c2cc1C. The van der Waals surface area contributed by atoms with Crippen LogP contribution in [0, 0.1) is 6.92 Å². The van der Waals surface area contributed by atoms with Crippen LogP contribution in [0.4, 0.5) is 0 Å². The van der Waals surface area contributed by atoms with Crippen LogP contribution in [0.1, 0.15) is 15.9 Å². The topological polar surface area (TPSA) is 74.6 Å². The number of rotatable bonds is 4. The number of aryl methyl sites for hydroxylation is 1. The molecule has 29 heavy (non-hydrogen) atoms. The van der Waals surface area contributed by atoms with Gasteiger partial charge in [0.05, 0.1) is 35.7 Å². The van der Waals surface area contributed by atoms with Crippen LogP contribution >= 0.6 is 0 Å². The van der Waals surface area contributed by atoms with Gasteiger partial charge in [-0.15, -0.1) is 0 Å². The Labute approximate surface area is 168 Å². The summed E-state index contributed by atoms with van der Waals surface area (Å²) in [5, 5.41) is 1.30. The maximum absolute atomic E-state index is 13.5. The molecular formula is C22H19NO5S. The van der Waals surface area contributed by atoms with Gasteiger partial charge in [0.25, 0.3) is 10.0 Å². The fraction of sp³-hybridized carbons (Fsp3) is 0.136. The third kappa shape index (κ3) is 2.94. The van der Waals surface area contributed by atoms with Gasteiger partial charge in [-0.1, -0.05) is 18.2 Å². The first kappa shape index (κ1) is 19.0. The summed E-state index contributed by atoms with van der Waals surface area (Å²) < 4.78 is 38.5. The number of carbonyl (C=O) groups is 1. The van der Waals surface area contributed by atoms with Crippen LogP contribution in [0.3, 0.4) is 0 Å². The molecule has 7 heteroatoms. The molecule has 0 aliphatic heterocycles. The molecule has 0 aliphatic carbocycles. The van der Waals surface area contributed by atoms with Gasteiger partial charge in [-0.25, -0.2) is 17.2 Å². The maximum Gasteiger partial charge on any atom is 0.338 e.